The Morgan fingerprint density at radius 3 is 2.73 bits per heavy atom. The summed E-state index contributed by atoms with van der Waals surface area (Å²) in [6.45, 7) is 3.06. The topological polar surface area (TPSA) is 115 Å². The van der Waals surface area contributed by atoms with Crippen LogP contribution in [0.1, 0.15) is 35.0 Å². The largest absolute Gasteiger partial charge is 0.491 e. The van der Waals surface area contributed by atoms with Crippen LogP contribution in [0.4, 0.5) is 13.2 Å². The van der Waals surface area contributed by atoms with Gasteiger partial charge in [0, 0.05) is 37.2 Å². The Balaban J connectivity index is 0.000000325. The Labute approximate surface area is 186 Å². The maximum absolute atomic E-state index is 12.9. The average molecular weight is 469 g/mol. The third-order valence-electron chi connectivity index (χ3n) is 5.94. The predicted octanol–water partition coefficient (Wildman–Crippen LogP) is 2.75. The van der Waals surface area contributed by atoms with Crippen molar-refractivity contribution in [3.8, 4) is 5.75 Å². The van der Waals surface area contributed by atoms with Gasteiger partial charge in [-0.25, -0.2) is 4.79 Å². The number of nitrogens with zero attached hydrogens (tertiary/aromatic N) is 3. The number of pyridine rings is 1. The van der Waals surface area contributed by atoms with Gasteiger partial charge in [0.2, 0.25) is 0 Å². The zero-order valence-corrected chi connectivity index (χ0v) is 17.5. The van der Waals surface area contributed by atoms with Crippen molar-refractivity contribution < 1.29 is 41.9 Å². The highest BCUT2D eigenvalue weighted by Crippen LogP contribution is 2.43. The highest BCUT2D eigenvalue weighted by Gasteiger charge is 2.53. The molecule has 178 valence electrons. The molecule has 4 heterocycles. The van der Waals surface area contributed by atoms with Crippen molar-refractivity contribution in [2.24, 2.45) is 11.3 Å². The van der Waals surface area contributed by atoms with Crippen LogP contribution in [-0.4, -0.2) is 71.1 Å². The van der Waals surface area contributed by atoms with Gasteiger partial charge in [-0.3, -0.25) is 9.78 Å². The number of hydrogen-bond acceptors (Lipinski definition) is 7. The third kappa shape index (κ3) is 5.27. The fourth-order valence-corrected chi connectivity index (χ4v) is 3.96. The van der Waals surface area contributed by atoms with Crippen LogP contribution < -0.4 is 4.74 Å². The van der Waals surface area contributed by atoms with Crippen LogP contribution in [0.25, 0.3) is 0 Å². The number of carboxylic acids is 1. The molecule has 1 saturated carbocycles. The van der Waals surface area contributed by atoms with Gasteiger partial charge < -0.3 is 24.0 Å². The lowest BCUT2D eigenvalue weighted by Crippen LogP contribution is -2.38. The molecule has 5 rings (SSSR count). The lowest BCUT2D eigenvalue weighted by atomic mass is 9.82. The first-order valence-corrected chi connectivity index (χ1v) is 10.3. The van der Waals surface area contributed by atoms with Crippen molar-refractivity contribution in [3.63, 3.8) is 0 Å². The van der Waals surface area contributed by atoms with Gasteiger partial charge in [-0.1, -0.05) is 5.16 Å². The van der Waals surface area contributed by atoms with Gasteiger partial charge in [-0.05, 0) is 25.0 Å². The Morgan fingerprint density at radius 2 is 2.09 bits per heavy atom. The Kier molecular flexibility index (Phi) is 6.28. The van der Waals surface area contributed by atoms with Crippen LogP contribution in [0.3, 0.4) is 0 Å². The molecule has 0 bridgehead atoms. The van der Waals surface area contributed by atoms with E-state index in [9.17, 15) is 18.0 Å². The van der Waals surface area contributed by atoms with Gasteiger partial charge in [0.15, 0.2) is 5.69 Å². The van der Waals surface area contributed by atoms with Crippen LogP contribution in [0.5, 0.6) is 5.75 Å². The Morgan fingerprint density at radius 1 is 1.33 bits per heavy atom. The second-order valence-electron chi connectivity index (χ2n) is 8.43. The first-order chi connectivity index (χ1) is 15.7. The highest BCUT2D eigenvalue weighted by molar-refractivity contribution is 5.92. The number of fused-ring (bicyclic) bond motifs is 1. The number of carbonyl (C=O) groups excluding carboxylic acids is 1. The highest BCUT2D eigenvalue weighted by atomic mass is 19.4. The van der Waals surface area contributed by atoms with Crippen molar-refractivity contribution >= 4 is 11.9 Å². The van der Waals surface area contributed by atoms with Crippen LogP contribution in [0.15, 0.2) is 35.1 Å². The number of aliphatic carboxylic acids is 1. The third-order valence-corrected chi connectivity index (χ3v) is 5.94. The number of halogens is 3. The first-order valence-electron chi connectivity index (χ1n) is 10.3. The summed E-state index contributed by atoms with van der Waals surface area (Å²) in [5.41, 5.74) is 0.241. The number of carboxylic acid groups (broad SMARTS) is 1. The first kappa shape index (κ1) is 23.0. The lowest BCUT2D eigenvalue weighted by molar-refractivity contribution is -0.192. The Hall–Kier alpha value is -3.15. The van der Waals surface area contributed by atoms with Crippen LogP contribution in [0, 0.1) is 11.3 Å². The summed E-state index contributed by atoms with van der Waals surface area (Å²) in [5, 5.41) is 11.1. The molecule has 0 unspecified atom stereocenters. The number of aromatic nitrogens is 2. The van der Waals surface area contributed by atoms with Crippen LogP contribution in [0.2, 0.25) is 0 Å². The zero-order valence-electron chi connectivity index (χ0n) is 17.5. The van der Waals surface area contributed by atoms with E-state index in [4.69, 9.17) is 23.9 Å². The molecule has 0 aromatic carbocycles. The number of ether oxygens (including phenoxy) is 2. The van der Waals surface area contributed by atoms with E-state index in [1.165, 1.54) is 0 Å². The predicted molar refractivity (Wildman–Crippen MR) is 105 cm³/mol. The van der Waals surface area contributed by atoms with Gasteiger partial charge in [-0.15, -0.1) is 0 Å². The fraction of sp³-hybridized carbons (Fsp3) is 0.524. The molecule has 3 aliphatic rings. The molecular formula is C21H22F3N3O6. The number of rotatable bonds is 5. The summed E-state index contributed by atoms with van der Waals surface area (Å²) in [6.07, 6.45) is 0.589. The number of carbonyl (C=O) groups is 2. The summed E-state index contributed by atoms with van der Waals surface area (Å²) in [7, 11) is 0. The minimum atomic E-state index is -5.08. The maximum atomic E-state index is 12.9. The molecule has 3 fully saturated rings. The van der Waals surface area contributed by atoms with E-state index in [1.807, 2.05) is 23.1 Å². The van der Waals surface area contributed by atoms with Crippen LogP contribution >= 0.6 is 0 Å². The van der Waals surface area contributed by atoms with E-state index in [2.05, 4.69) is 10.1 Å². The van der Waals surface area contributed by atoms with Gasteiger partial charge in [0.25, 0.3) is 5.91 Å². The summed E-state index contributed by atoms with van der Waals surface area (Å²) in [5.74, 6) is -0.510. The molecule has 2 atom stereocenters. The van der Waals surface area contributed by atoms with E-state index in [0.29, 0.717) is 44.5 Å². The quantitative estimate of drug-likeness (QED) is 0.711. The van der Waals surface area contributed by atoms with Crippen LogP contribution in [-0.2, 0) is 9.53 Å². The summed E-state index contributed by atoms with van der Waals surface area (Å²) < 4.78 is 48.7. The zero-order chi connectivity index (χ0) is 23.6. The number of amides is 1. The molecule has 0 spiro atoms. The molecule has 9 nitrogen and oxygen atoms in total. The Bertz CT molecular complexity index is 995. The van der Waals surface area contributed by atoms with Crippen molar-refractivity contribution in [3.05, 3.63) is 42.0 Å². The average Bonchev–Trinajstić information content (AvgIpc) is 3.22. The summed E-state index contributed by atoms with van der Waals surface area (Å²) in [6, 6.07) is 5.55. The SMILES string of the molecule is O=C(O)C(F)(F)F.O=C(c1cc(C2CC2)on1)N1C[C@@H]2COC[C@]2(COc2cccnc2)C1. The normalized spacial score (nSPS) is 24.1. The monoisotopic (exact) mass is 469 g/mol. The van der Waals surface area contributed by atoms with Crippen molar-refractivity contribution in [1.29, 1.82) is 0 Å². The van der Waals surface area contributed by atoms with E-state index < -0.39 is 12.1 Å². The second kappa shape index (κ2) is 9.00. The molecule has 33 heavy (non-hydrogen) atoms. The minimum Gasteiger partial charge on any atom is -0.491 e. The maximum Gasteiger partial charge on any atom is 0.490 e. The number of likely N-dealkylation sites (tertiary alicyclic amines) is 1. The van der Waals surface area contributed by atoms with Crippen molar-refractivity contribution in [1.82, 2.24) is 15.0 Å². The van der Waals surface area contributed by atoms with Gasteiger partial charge in [0.05, 0.1) is 31.4 Å². The number of hydrogen-bond donors (Lipinski definition) is 1. The molecule has 1 amide bonds. The summed E-state index contributed by atoms with van der Waals surface area (Å²) >= 11 is 0. The van der Waals surface area contributed by atoms with Gasteiger partial charge in [0.1, 0.15) is 11.5 Å². The molecule has 2 aromatic rings. The van der Waals surface area contributed by atoms with E-state index in [-0.39, 0.29) is 17.2 Å². The number of alkyl halides is 3. The van der Waals surface area contributed by atoms with Gasteiger partial charge >= 0.3 is 12.1 Å². The lowest BCUT2D eigenvalue weighted by Gasteiger charge is -2.26. The van der Waals surface area contributed by atoms with E-state index in [0.717, 1.165) is 24.4 Å². The van der Waals surface area contributed by atoms with Crippen molar-refractivity contribution in [2.45, 2.75) is 24.9 Å². The minimum absolute atomic E-state index is 0.0594. The van der Waals surface area contributed by atoms with Gasteiger partial charge in [-0.2, -0.15) is 13.2 Å². The molecule has 2 aliphatic heterocycles. The van der Waals surface area contributed by atoms with E-state index >= 15 is 0 Å². The molecule has 0 radical (unpaired) electrons. The second-order valence-corrected chi connectivity index (χ2v) is 8.43. The summed E-state index contributed by atoms with van der Waals surface area (Å²) in [4.78, 5) is 27.7. The molecule has 1 aliphatic carbocycles. The molecular weight excluding hydrogens is 447 g/mol. The van der Waals surface area contributed by atoms with Crippen molar-refractivity contribution in [2.75, 3.05) is 32.9 Å². The standard InChI is InChI=1S/C19H21N3O4.C2HF3O2/c23-18(16-6-17(26-21-16)13-3-4-13)22-8-14-9-24-11-19(14,10-22)12-25-15-2-1-5-20-7-15;3-2(4,5)1(6)7/h1-2,5-7,13-14H,3-4,8-12H2;(H,6,7)/t14-,19+;/m1./s1. The molecule has 1 N–H and O–H groups in total. The van der Waals surface area contributed by atoms with E-state index in [1.54, 1.807) is 12.4 Å². The molecule has 12 heteroatoms. The smallest absolute Gasteiger partial charge is 0.490 e. The molecule has 2 aromatic heterocycles. The fourth-order valence-electron chi connectivity index (χ4n) is 3.96. The molecule has 2 saturated heterocycles.